The number of hydrogen-bond acceptors (Lipinski definition) is 3. The van der Waals surface area contributed by atoms with Crippen LogP contribution in [-0.2, 0) is 6.54 Å². The molecule has 0 spiro atoms. The summed E-state index contributed by atoms with van der Waals surface area (Å²) in [5, 5.41) is 5.92. The summed E-state index contributed by atoms with van der Waals surface area (Å²) in [6.45, 7) is 3.30. The van der Waals surface area contributed by atoms with Crippen LogP contribution in [0, 0.1) is 0 Å². The van der Waals surface area contributed by atoms with Gasteiger partial charge in [-0.25, -0.2) is 0 Å². The summed E-state index contributed by atoms with van der Waals surface area (Å²) in [7, 11) is 2.05. The number of nitrogens with zero attached hydrogens (tertiary/aromatic N) is 2. The van der Waals surface area contributed by atoms with E-state index in [1.807, 2.05) is 19.4 Å². The first-order valence-electron chi connectivity index (χ1n) is 7.59. The Morgan fingerprint density at radius 3 is 3.05 bits per heavy atom. The minimum absolute atomic E-state index is 0.660. The van der Waals surface area contributed by atoms with Gasteiger partial charge < -0.3 is 5.32 Å². The summed E-state index contributed by atoms with van der Waals surface area (Å²) >= 11 is 0. The average molecular weight is 269 g/mol. The molecule has 0 saturated carbocycles. The van der Waals surface area contributed by atoms with Crippen molar-refractivity contribution >= 4 is 10.8 Å². The molecule has 1 atom stereocenters. The van der Waals surface area contributed by atoms with E-state index in [2.05, 4.69) is 39.5 Å². The molecule has 1 aromatic heterocycles. The van der Waals surface area contributed by atoms with Gasteiger partial charge in [0.15, 0.2) is 0 Å². The first-order valence-corrected chi connectivity index (χ1v) is 7.59. The van der Waals surface area contributed by atoms with Crippen LogP contribution in [0.3, 0.4) is 0 Å². The lowest BCUT2D eigenvalue weighted by atomic mass is 10.00. The zero-order valence-electron chi connectivity index (χ0n) is 12.2. The molecule has 1 fully saturated rings. The Hall–Kier alpha value is -1.45. The second-order valence-electron chi connectivity index (χ2n) is 5.70. The topological polar surface area (TPSA) is 28.2 Å². The maximum absolute atomic E-state index is 4.41. The first-order chi connectivity index (χ1) is 9.88. The number of hydrogen-bond donors (Lipinski definition) is 1. The van der Waals surface area contributed by atoms with E-state index < -0.39 is 0 Å². The van der Waals surface area contributed by atoms with Crippen LogP contribution in [0.15, 0.2) is 36.7 Å². The van der Waals surface area contributed by atoms with Gasteiger partial charge in [-0.15, -0.1) is 0 Å². The maximum Gasteiger partial charge on any atom is 0.0346 e. The molecular weight excluding hydrogens is 246 g/mol. The SMILES string of the molecule is CNCC1CCCCN1Cc1cncc2ccccc12. The van der Waals surface area contributed by atoms with E-state index in [-0.39, 0.29) is 0 Å². The molecule has 2 heterocycles. The van der Waals surface area contributed by atoms with Crippen LogP contribution in [0.25, 0.3) is 10.8 Å². The summed E-state index contributed by atoms with van der Waals surface area (Å²) < 4.78 is 0. The Morgan fingerprint density at radius 1 is 1.25 bits per heavy atom. The molecule has 1 unspecified atom stereocenters. The van der Waals surface area contributed by atoms with Crippen LogP contribution in [-0.4, -0.2) is 36.1 Å². The smallest absolute Gasteiger partial charge is 0.0346 e. The van der Waals surface area contributed by atoms with Crippen molar-refractivity contribution in [2.45, 2.75) is 31.8 Å². The first kappa shape index (κ1) is 13.5. The van der Waals surface area contributed by atoms with Gasteiger partial charge in [0.1, 0.15) is 0 Å². The fourth-order valence-corrected chi connectivity index (χ4v) is 3.26. The summed E-state index contributed by atoms with van der Waals surface area (Å²) in [4.78, 5) is 7.02. The normalized spacial score (nSPS) is 20.4. The highest BCUT2D eigenvalue weighted by molar-refractivity contribution is 5.84. The fraction of sp³-hybridized carbons (Fsp3) is 0.471. The number of benzene rings is 1. The van der Waals surface area contributed by atoms with Crippen molar-refractivity contribution in [3.8, 4) is 0 Å². The lowest BCUT2D eigenvalue weighted by Crippen LogP contribution is -2.44. The van der Waals surface area contributed by atoms with E-state index in [0.717, 1.165) is 13.1 Å². The summed E-state index contributed by atoms with van der Waals surface area (Å²) in [5.41, 5.74) is 1.35. The second-order valence-corrected chi connectivity index (χ2v) is 5.70. The molecule has 1 aromatic carbocycles. The van der Waals surface area contributed by atoms with E-state index >= 15 is 0 Å². The number of piperidine rings is 1. The molecule has 0 radical (unpaired) electrons. The van der Waals surface area contributed by atoms with E-state index in [1.54, 1.807) is 0 Å². The van der Waals surface area contributed by atoms with Gasteiger partial charge >= 0.3 is 0 Å². The molecule has 3 nitrogen and oxygen atoms in total. The monoisotopic (exact) mass is 269 g/mol. The Morgan fingerprint density at radius 2 is 2.15 bits per heavy atom. The highest BCUT2D eigenvalue weighted by Crippen LogP contribution is 2.23. The molecule has 0 aliphatic carbocycles. The third-order valence-corrected chi connectivity index (χ3v) is 4.31. The number of likely N-dealkylation sites (tertiary alicyclic amines) is 1. The lowest BCUT2D eigenvalue weighted by molar-refractivity contribution is 0.139. The van der Waals surface area contributed by atoms with Crippen molar-refractivity contribution in [2.24, 2.45) is 0 Å². The van der Waals surface area contributed by atoms with Gasteiger partial charge in [-0.2, -0.15) is 0 Å². The number of likely N-dealkylation sites (N-methyl/N-ethyl adjacent to an activating group) is 1. The molecule has 3 heteroatoms. The van der Waals surface area contributed by atoms with E-state index in [0.29, 0.717) is 6.04 Å². The Bertz CT molecular complexity index is 560. The number of nitrogens with one attached hydrogen (secondary N) is 1. The molecule has 1 aliphatic heterocycles. The molecule has 1 saturated heterocycles. The van der Waals surface area contributed by atoms with Crippen molar-refractivity contribution in [3.63, 3.8) is 0 Å². The standard InChI is InChI=1S/C17H23N3/c1-18-12-16-7-4-5-9-20(16)13-15-11-19-10-14-6-2-3-8-17(14)15/h2-3,6,8,10-11,16,18H,4-5,7,9,12-13H2,1H3. The van der Waals surface area contributed by atoms with E-state index in [9.17, 15) is 0 Å². The third kappa shape index (κ3) is 2.84. The Kier molecular flexibility index (Phi) is 4.28. The number of pyridine rings is 1. The predicted molar refractivity (Wildman–Crippen MR) is 83.7 cm³/mol. The zero-order valence-corrected chi connectivity index (χ0v) is 12.2. The Labute approximate surface area is 121 Å². The van der Waals surface area contributed by atoms with Crippen molar-refractivity contribution < 1.29 is 0 Å². The lowest BCUT2D eigenvalue weighted by Gasteiger charge is -2.35. The average Bonchev–Trinajstić information content (AvgIpc) is 2.50. The van der Waals surface area contributed by atoms with Crippen molar-refractivity contribution in [1.82, 2.24) is 15.2 Å². The summed E-state index contributed by atoms with van der Waals surface area (Å²) in [6.07, 6.45) is 7.97. The van der Waals surface area contributed by atoms with Crippen molar-refractivity contribution in [1.29, 1.82) is 0 Å². The van der Waals surface area contributed by atoms with Gasteiger partial charge in [0.05, 0.1) is 0 Å². The van der Waals surface area contributed by atoms with Gasteiger partial charge in [0, 0.05) is 36.9 Å². The molecule has 106 valence electrons. The Balaban J connectivity index is 1.84. The van der Waals surface area contributed by atoms with Crippen LogP contribution in [0.4, 0.5) is 0 Å². The second kappa shape index (κ2) is 6.33. The molecule has 3 rings (SSSR count). The maximum atomic E-state index is 4.41. The molecule has 2 aromatic rings. The fourth-order valence-electron chi connectivity index (χ4n) is 3.26. The number of rotatable bonds is 4. The molecular formula is C17H23N3. The highest BCUT2D eigenvalue weighted by atomic mass is 15.2. The molecule has 0 amide bonds. The molecule has 20 heavy (non-hydrogen) atoms. The minimum Gasteiger partial charge on any atom is -0.318 e. The number of fused-ring (bicyclic) bond motifs is 1. The molecule has 1 aliphatic rings. The molecule has 0 bridgehead atoms. The largest absolute Gasteiger partial charge is 0.318 e. The number of aromatic nitrogens is 1. The third-order valence-electron chi connectivity index (χ3n) is 4.31. The van der Waals surface area contributed by atoms with Crippen molar-refractivity contribution in [3.05, 3.63) is 42.2 Å². The van der Waals surface area contributed by atoms with Gasteiger partial charge in [0.2, 0.25) is 0 Å². The molecule has 1 N–H and O–H groups in total. The van der Waals surface area contributed by atoms with Gasteiger partial charge in [-0.05, 0) is 37.4 Å². The van der Waals surface area contributed by atoms with Crippen LogP contribution in [0.5, 0.6) is 0 Å². The van der Waals surface area contributed by atoms with Crippen LogP contribution in [0.1, 0.15) is 24.8 Å². The summed E-state index contributed by atoms with van der Waals surface area (Å²) in [6, 6.07) is 9.22. The van der Waals surface area contributed by atoms with Crippen LogP contribution in [0.2, 0.25) is 0 Å². The van der Waals surface area contributed by atoms with Crippen LogP contribution < -0.4 is 5.32 Å². The quantitative estimate of drug-likeness (QED) is 0.925. The van der Waals surface area contributed by atoms with Gasteiger partial charge in [0.25, 0.3) is 0 Å². The van der Waals surface area contributed by atoms with E-state index in [4.69, 9.17) is 0 Å². The summed E-state index contributed by atoms with van der Waals surface area (Å²) in [5.74, 6) is 0. The predicted octanol–water partition coefficient (Wildman–Crippen LogP) is 2.81. The van der Waals surface area contributed by atoms with Gasteiger partial charge in [-0.1, -0.05) is 30.7 Å². The highest BCUT2D eigenvalue weighted by Gasteiger charge is 2.22. The van der Waals surface area contributed by atoms with Gasteiger partial charge in [-0.3, -0.25) is 9.88 Å². The van der Waals surface area contributed by atoms with Crippen molar-refractivity contribution in [2.75, 3.05) is 20.1 Å². The van der Waals surface area contributed by atoms with Crippen LogP contribution >= 0.6 is 0 Å². The minimum atomic E-state index is 0.660. The van der Waals surface area contributed by atoms with E-state index in [1.165, 1.54) is 42.1 Å². The zero-order chi connectivity index (χ0) is 13.8.